The molecule has 106 valence electrons. The minimum atomic E-state index is -0.697. The standard InChI is InChI=1S/C15H10F2N2O2/c16-12-7-5-10(6-8-12)14-18-19(15(20)21-14)9-11-3-1-2-4-13(11)17/h1-8H,9H2. The molecule has 0 bridgehead atoms. The summed E-state index contributed by atoms with van der Waals surface area (Å²) in [5.41, 5.74) is 0.805. The molecule has 1 heterocycles. The highest BCUT2D eigenvalue weighted by Gasteiger charge is 2.12. The number of aromatic nitrogens is 2. The number of benzene rings is 2. The summed E-state index contributed by atoms with van der Waals surface area (Å²) < 4.78 is 32.5. The SMILES string of the molecule is O=c1oc(-c2ccc(F)cc2)nn1Cc1ccccc1F. The van der Waals surface area contributed by atoms with Crippen LogP contribution in [0.2, 0.25) is 0 Å². The van der Waals surface area contributed by atoms with Crippen LogP contribution in [0.25, 0.3) is 11.5 Å². The first-order valence-corrected chi connectivity index (χ1v) is 6.21. The maximum Gasteiger partial charge on any atom is 0.437 e. The van der Waals surface area contributed by atoms with E-state index >= 15 is 0 Å². The van der Waals surface area contributed by atoms with Crippen molar-refractivity contribution in [2.24, 2.45) is 0 Å². The molecule has 0 aliphatic rings. The van der Waals surface area contributed by atoms with Gasteiger partial charge in [0.1, 0.15) is 11.6 Å². The molecule has 0 spiro atoms. The van der Waals surface area contributed by atoms with Crippen molar-refractivity contribution < 1.29 is 13.2 Å². The molecule has 4 nitrogen and oxygen atoms in total. The van der Waals surface area contributed by atoms with Crippen molar-refractivity contribution in [3.05, 3.63) is 76.3 Å². The van der Waals surface area contributed by atoms with Crippen molar-refractivity contribution in [1.82, 2.24) is 9.78 Å². The minimum absolute atomic E-state index is 0.0315. The summed E-state index contributed by atoms with van der Waals surface area (Å²) >= 11 is 0. The zero-order chi connectivity index (χ0) is 14.8. The van der Waals surface area contributed by atoms with E-state index in [1.807, 2.05) is 0 Å². The minimum Gasteiger partial charge on any atom is -0.388 e. The Morgan fingerprint density at radius 3 is 2.48 bits per heavy atom. The van der Waals surface area contributed by atoms with Crippen molar-refractivity contribution in [2.75, 3.05) is 0 Å². The zero-order valence-corrected chi connectivity index (χ0v) is 10.8. The number of halogens is 2. The largest absolute Gasteiger partial charge is 0.437 e. The molecule has 0 N–H and O–H groups in total. The third-order valence-electron chi connectivity index (χ3n) is 2.98. The Kier molecular flexibility index (Phi) is 3.35. The maximum atomic E-state index is 13.6. The lowest BCUT2D eigenvalue weighted by atomic mass is 10.2. The van der Waals surface area contributed by atoms with Gasteiger partial charge < -0.3 is 4.42 Å². The fourth-order valence-corrected chi connectivity index (χ4v) is 1.90. The molecule has 21 heavy (non-hydrogen) atoms. The topological polar surface area (TPSA) is 48.0 Å². The molecule has 0 amide bonds. The van der Waals surface area contributed by atoms with Crippen LogP contribution in [-0.2, 0) is 6.54 Å². The molecule has 3 rings (SSSR count). The van der Waals surface area contributed by atoms with Crippen LogP contribution in [0.1, 0.15) is 5.56 Å². The van der Waals surface area contributed by atoms with E-state index in [4.69, 9.17) is 4.42 Å². The second kappa shape index (κ2) is 5.32. The Labute approximate surface area is 118 Å². The zero-order valence-electron chi connectivity index (χ0n) is 10.8. The first-order chi connectivity index (χ1) is 10.1. The highest BCUT2D eigenvalue weighted by molar-refractivity contribution is 5.51. The summed E-state index contributed by atoms with van der Waals surface area (Å²) in [6, 6.07) is 11.5. The van der Waals surface area contributed by atoms with E-state index in [-0.39, 0.29) is 12.4 Å². The molecule has 0 aliphatic carbocycles. The smallest absolute Gasteiger partial charge is 0.388 e. The van der Waals surface area contributed by atoms with Crippen LogP contribution in [0.3, 0.4) is 0 Å². The van der Waals surface area contributed by atoms with Crippen LogP contribution in [0.4, 0.5) is 8.78 Å². The van der Waals surface area contributed by atoms with E-state index < -0.39 is 17.4 Å². The van der Waals surface area contributed by atoms with Crippen LogP contribution in [0.5, 0.6) is 0 Å². The number of hydrogen-bond donors (Lipinski definition) is 0. The van der Waals surface area contributed by atoms with Gasteiger partial charge in [0.25, 0.3) is 0 Å². The van der Waals surface area contributed by atoms with Gasteiger partial charge in [-0.2, -0.15) is 4.68 Å². The van der Waals surface area contributed by atoms with E-state index in [0.717, 1.165) is 4.68 Å². The third-order valence-corrected chi connectivity index (χ3v) is 2.98. The molecule has 0 unspecified atom stereocenters. The molecule has 0 atom stereocenters. The molecular weight excluding hydrogens is 278 g/mol. The molecule has 1 aromatic heterocycles. The summed E-state index contributed by atoms with van der Waals surface area (Å²) in [5, 5.41) is 3.99. The third kappa shape index (κ3) is 2.74. The highest BCUT2D eigenvalue weighted by atomic mass is 19.1. The van der Waals surface area contributed by atoms with Crippen LogP contribution >= 0.6 is 0 Å². The summed E-state index contributed by atoms with van der Waals surface area (Å²) in [4.78, 5) is 11.7. The van der Waals surface area contributed by atoms with Crippen molar-refractivity contribution in [3.8, 4) is 11.5 Å². The lowest BCUT2D eigenvalue weighted by Crippen LogP contribution is -2.17. The quantitative estimate of drug-likeness (QED) is 0.744. The van der Waals surface area contributed by atoms with Crippen molar-refractivity contribution >= 4 is 0 Å². The number of hydrogen-bond acceptors (Lipinski definition) is 3. The van der Waals surface area contributed by atoms with Gasteiger partial charge in [0.2, 0.25) is 5.89 Å². The number of nitrogens with zero attached hydrogens (tertiary/aromatic N) is 2. The molecule has 3 aromatic rings. The Morgan fingerprint density at radius 2 is 1.76 bits per heavy atom. The monoisotopic (exact) mass is 288 g/mol. The van der Waals surface area contributed by atoms with Gasteiger partial charge in [-0.05, 0) is 30.3 Å². The summed E-state index contributed by atoms with van der Waals surface area (Å²) in [6.07, 6.45) is 0. The molecule has 0 aliphatic heterocycles. The van der Waals surface area contributed by atoms with Gasteiger partial charge in [-0.15, -0.1) is 5.10 Å². The van der Waals surface area contributed by atoms with Crippen LogP contribution in [-0.4, -0.2) is 9.78 Å². The van der Waals surface area contributed by atoms with E-state index in [1.165, 1.54) is 30.3 Å². The van der Waals surface area contributed by atoms with E-state index in [1.54, 1.807) is 18.2 Å². The van der Waals surface area contributed by atoms with Crippen molar-refractivity contribution in [1.29, 1.82) is 0 Å². The second-order valence-corrected chi connectivity index (χ2v) is 4.43. The lowest BCUT2D eigenvalue weighted by molar-refractivity contribution is 0.490. The Hall–Kier alpha value is -2.76. The average molecular weight is 288 g/mol. The summed E-state index contributed by atoms with van der Waals surface area (Å²) in [5.74, 6) is -1.45. The van der Waals surface area contributed by atoms with Gasteiger partial charge in [0, 0.05) is 11.1 Å². The Morgan fingerprint density at radius 1 is 1.05 bits per heavy atom. The predicted octanol–water partition coefficient (Wildman–Crippen LogP) is 2.83. The molecule has 0 radical (unpaired) electrons. The van der Waals surface area contributed by atoms with Crippen molar-refractivity contribution in [2.45, 2.75) is 6.54 Å². The molecular formula is C15H10F2N2O2. The van der Waals surface area contributed by atoms with Crippen molar-refractivity contribution in [3.63, 3.8) is 0 Å². The average Bonchev–Trinajstić information content (AvgIpc) is 2.83. The normalized spacial score (nSPS) is 10.8. The molecule has 0 saturated heterocycles. The first-order valence-electron chi connectivity index (χ1n) is 6.21. The maximum absolute atomic E-state index is 13.6. The lowest BCUT2D eigenvalue weighted by Gasteiger charge is -2.00. The predicted molar refractivity (Wildman–Crippen MR) is 71.7 cm³/mol. The van der Waals surface area contributed by atoms with Crippen LogP contribution in [0.15, 0.2) is 57.7 Å². The van der Waals surface area contributed by atoms with Gasteiger partial charge in [-0.3, -0.25) is 0 Å². The van der Waals surface area contributed by atoms with Gasteiger partial charge in [0.15, 0.2) is 0 Å². The van der Waals surface area contributed by atoms with E-state index in [9.17, 15) is 13.6 Å². The number of rotatable bonds is 3. The van der Waals surface area contributed by atoms with Gasteiger partial charge in [-0.25, -0.2) is 13.6 Å². The Balaban J connectivity index is 1.93. The highest BCUT2D eigenvalue weighted by Crippen LogP contribution is 2.16. The molecule has 2 aromatic carbocycles. The van der Waals surface area contributed by atoms with Gasteiger partial charge in [-0.1, -0.05) is 18.2 Å². The Bertz CT molecular complexity index is 822. The van der Waals surface area contributed by atoms with E-state index in [0.29, 0.717) is 11.1 Å². The van der Waals surface area contributed by atoms with E-state index in [2.05, 4.69) is 5.10 Å². The summed E-state index contributed by atoms with van der Waals surface area (Å²) in [7, 11) is 0. The summed E-state index contributed by atoms with van der Waals surface area (Å²) in [6.45, 7) is -0.0315. The van der Waals surface area contributed by atoms with Crippen LogP contribution < -0.4 is 5.76 Å². The fraction of sp³-hybridized carbons (Fsp3) is 0.0667. The van der Waals surface area contributed by atoms with Gasteiger partial charge in [0.05, 0.1) is 6.54 Å². The molecule has 0 fully saturated rings. The first kappa shape index (κ1) is 13.2. The van der Waals surface area contributed by atoms with Crippen LogP contribution in [0, 0.1) is 11.6 Å². The second-order valence-electron chi connectivity index (χ2n) is 4.43. The van der Waals surface area contributed by atoms with Gasteiger partial charge >= 0.3 is 5.76 Å². The fourth-order valence-electron chi connectivity index (χ4n) is 1.90. The molecule has 6 heteroatoms. The molecule has 0 saturated carbocycles.